The van der Waals surface area contributed by atoms with E-state index >= 15 is 0 Å². The Labute approximate surface area is 147 Å². The van der Waals surface area contributed by atoms with E-state index in [1.807, 2.05) is 25.2 Å². The number of nitrogens with zero attached hydrogens (tertiary/aromatic N) is 1. The van der Waals surface area contributed by atoms with Crippen LogP contribution in [0, 0.1) is 13.8 Å². The molecule has 0 atom stereocenters. The molecule has 24 heavy (non-hydrogen) atoms. The Morgan fingerprint density at radius 3 is 2.46 bits per heavy atom. The molecule has 0 amide bonds. The van der Waals surface area contributed by atoms with E-state index in [1.165, 1.54) is 5.56 Å². The number of nitrogens with one attached hydrogen (secondary N) is 1. The van der Waals surface area contributed by atoms with Crippen LogP contribution in [0.1, 0.15) is 21.7 Å². The van der Waals surface area contributed by atoms with Gasteiger partial charge in [-0.2, -0.15) is 0 Å². The summed E-state index contributed by atoms with van der Waals surface area (Å²) in [4.78, 5) is 4.69. The van der Waals surface area contributed by atoms with Crippen molar-refractivity contribution in [3.8, 4) is 17.0 Å². The van der Waals surface area contributed by atoms with Gasteiger partial charge in [-0.05, 0) is 49.7 Å². The predicted octanol–water partition coefficient (Wildman–Crippen LogP) is 4.73. The van der Waals surface area contributed by atoms with Gasteiger partial charge in [0.15, 0.2) is 0 Å². The number of aromatic nitrogens is 1. The summed E-state index contributed by atoms with van der Waals surface area (Å²) in [5, 5.41) is 6.36. The number of aryl methyl sites for hydroxylation is 2. The summed E-state index contributed by atoms with van der Waals surface area (Å²) in [5.74, 6) is 0.966. The van der Waals surface area contributed by atoms with Crippen LogP contribution in [0.4, 0.5) is 0 Å². The normalized spacial score (nSPS) is 10.8. The zero-order valence-electron chi connectivity index (χ0n) is 14.3. The Hall–Kier alpha value is -2.17. The Morgan fingerprint density at radius 1 is 1.08 bits per heavy atom. The van der Waals surface area contributed by atoms with Crippen molar-refractivity contribution in [3.05, 3.63) is 69.5 Å². The minimum atomic E-state index is 0.588. The van der Waals surface area contributed by atoms with Crippen LogP contribution in [0.25, 0.3) is 11.3 Å². The third-order valence-electron chi connectivity index (χ3n) is 3.86. The lowest BCUT2D eigenvalue weighted by atomic mass is 10.0. The van der Waals surface area contributed by atoms with Gasteiger partial charge < -0.3 is 10.1 Å². The van der Waals surface area contributed by atoms with Crippen LogP contribution in [0.2, 0.25) is 0 Å². The van der Waals surface area contributed by atoms with E-state index in [0.29, 0.717) is 6.61 Å². The van der Waals surface area contributed by atoms with Gasteiger partial charge in [-0.15, -0.1) is 11.3 Å². The van der Waals surface area contributed by atoms with Gasteiger partial charge in [0, 0.05) is 17.5 Å². The Kier molecular flexibility index (Phi) is 5.28. The second-order valence-corrected chi connectivity index (χ2v) is 6.81. The summed E-state index contributed by atoms with van der Waals surface area (Å²) >= 11 is 1.69. The van der Waals surface area contributed by atoms with Gasteiger partial charge in [-0.25, -0.2) is 4.98 Å². The molecule has 1 N–H and O–H groups in total. The van der Waals surface area contributed by atoms with Crippen LogP contribution in [0.5, 0.6) is 5.75 Å². The van der Waals surface area contributed by atoms with E-state index in [1.54, 1.807) is 11.3 Å². The topological polar surface area (TPSA) is 34.2 Å². The Morgan fingerprint density at radius 2 is 1.79 bits per heavy atom. The van der Waals surface area contributed by atoms with Crippen LogP contribution in [-0.4, -0.2) is 12.0 Å². The molecule has 0 spiro atoms. The summed E-state index contributed by atoms with van der Waals surface area (Å²) in [6, 6.07) is 14.6. The molecule has 0 aliphatic rings. The van der Waals surface area contributed by atoms with Gasteiger partial charge in [0.25, 0.3) is 0 Å². The third-order valence-corrected chi connectivity index (χ3v) is 4.71. The lowest BCUT2D eigenvalue weighted by Gasteiger charge is -2.13. The zero-order valence-corrected chi connectivity index (χ0v) is 15.1. The molecule has 0 fully saturated rings. The average Bonchev–Trinajstić information content (AvgIpc) is 3.04. The molecule has 1 heterocycles. The predicted molar refractivity (Wildman–Crippen MR) is 101 cm³/mol. The number of thiazole rings is 1. The molecule has 0 saturated carbocycles. The Balaban J connectivity index is 1.80. The van der Waals surface area contributed by atoms with Gasteiger partial charge in [0.05, 0.1) is 5.69 Å². The number of rotatable bonds is 6. The fourth-order valence-electron chi connectivity index (χ4n) is 2.73. The fraction of sp³-hybridized carbons (Fsp3) is 0.250. The van der Waals surface area contributed by atoms with Crippen LogP contribution >= 0.6 is 11.3 Å². The second kappa shape index (κ2) is 7.60. The average molecular weight is 338 g/mol. The highest BCUT2D eigenvalue weighted by atomic mass is 32.1. The molecule has 1 aromatic heterocycles. The summed E-state index contributed by atoms with van der Waals surface area (Å²) in [7, 11) is 1.94. The van der Waals surface area contributed by atoms with Crippen molar-refractivity contribution in [3.63, 3.8) is 0 Å². The second-order valence-electron chi connectivity index (χ2n) is 5.87. The highest BCUT2D eigenvalue weighted by molar-refractivity contribution is 7.09. The number of ether oxygens (including phenoxy) is 1. The molecule has 0 radical (unpaired) electrons. The monoisotopic (exact) mass is 338 g/mol. The first-order valence-electron chi connectivity index (χ1n) is 8.04. The number of hydrogen-bond acceptors (Lipinski definition) is 4. The highest BCUT2D eigenvalue weighted by Gasteiger charge is 2.10. The molecule has 0 aliphatic carbocycles. The van der Waals surface area contributed by atoms with E-state index in [4.69, 9.17) is 9.72 Å². The van der Waals surface area contributed by atoms with Crippen LogP contribution < -0.4 is 10.1 Å². The van der Waals surface area contributed by atoms with Crippen molar-refractivity contribution in [1.29, 1.82) is 0 Å². The maximum atomic E-state index is 6.06. The molecule has 124 valence electrons. The molecular weight excluding hydrogens is 316 g/mol. The van der Waals surface area contributed by atoms with Gasteiger partial charge in [-0.1, -0.05) is 30.3 Å². The molecule has 2 aromatic carbocycles. The molecule has 3 aromatic rings. The highest BCUT2D eigenvalue weighted by Crippen LogP contribution is 2.31. The van der Waals surface area contributed by atoms with Crippen LogP contribution in [0.15, 0.2) is 47.8 Å². The smallest absolute Gasteiger partial charge is 0.125 e. The number of benzene rings is 2. The van der Waals surface area contributed by atoms with Gasteiger partial charge in [-0.3, -0.25) is 0 Å². The van der Waals surface area contributed by atoms with Crippen molar-refractivity contribution in [2.24, 2.45) is 0 Å². The van der Waals surface area contributed by atoms with Crippen LogP contribution in [0.3, 0.4) is 0 Å². The summed E-state index contributed by atoms with van der Waals surface area (Å²) in [6.07, 6.45) is 0. The van der Waals surface area contributed by atoms with Crippen molar-refractivity contribution < 1.29 is 4.74 Å². The van der Waals surface area contributed by atoms with E-state index in [9.17, 15) is 0 Å². The first-order valence-corrected chi connectivity index (χ1v) is 8.92. The lowest BCUT2D eigenvalue weighted by Crippen LogP contribution is -2.04. The first-order chi connectivity index (χ1) is 11.7. The minimum Gasteiger partial charge on any atom is -0.488 e. The summed E-state index contributed by atoms with van der Waals surface area (Å²) in [5.41, 5.74) is 5.64. The molecule has 0 saturated heterocycles. The summed E-state index contributed by atoms with van der Waals surface area (Å²) in [6.45, 7) is 5.58. The van der Waals surface area contributed by atoms with Crippen molar-refractivity contribution in [1.82, 2.24) is 10.3 Å². The Bertz CT molecular complexity index is 789. The standard InChI is InChI=1S/C20H22N2OS/c1-14-9-17(18-13-24-19(22-18)11-21-3)10-15(2)20(14)23-12-16-7-5-4-6-8-16/h4-10,13,21H,11-12H2,1-3H3. The van der Waals surface area contributed by atoms with Crippen LogP contribution in [-0.2, 0) is 13.2 Å². The molecular formula is C20H22N2OS. The number of hydrogen-bond donors (Lipinski definition) is 1. The van der Waals surface area contributed by atoms with E-state index < -0.39 is 0 Å². The fourth-order valence-corrected chi connectivity index (χ4v) is 3.55. The first kappa shape index (κ1) is 16.7. The van der Waals surface area contributed by atoms with E-state index in [2.05, 4.69) is 48.8 Å². The molecule has 0 aliphatic heterocycles. The SMILES string of the molecule is CNCc1nc(-c2cc(C)c(OCc3ccccc3)c(C)c2)cs1. The molecule has 0 unspecified atom stereocenters. The van der Waals surface area contributed by atoms with Gasteiger partial charge in [0.2, 0.25) is 0 Å². The van der Waals surface area contributed by atoms with Crippen molar-refractivity contribution >= 4 is 11.3 Å². The molecule has 4 heteroatoms. The molecule has 3 rings (SSSR count). The largest absolute Gasteiger partial charge is 0.488 e. The maximum Gasteiger partial charge on any atom is 0.125 e. The van der Waals surface area contributed by atoms with Crippen molar-refractivity contribution in [2.75, 3.05) is 7.05 Å². The maximum absolute atomic E-state index is 6.06. The van der Waals surface area contributed by atoms with Gasteiger partial charge in [0.1, 0.15) is 17.4 Å². The van der Waals surface area contributed by atoms with Gasteiger partial charge >= 0.3 is 0 Å². The quantitative estimate of drug-likeness (QED) is 0.706. The third kappa shape index (κ3) is 3.83. The minimum absolute atomic E-state index is 0.588. The molecule has 3 nitrogen and oxygen atoms in total. The summed E-state index contributed by atoms with van der Waals surface area (Å²) < 4.78 is 6.06. The zero-order chi connectivity index (χ0) is 16.9. The lowest BCUT2D eigenvalue weighted by molar-refractivity contribution is 0.302. The van der Waals surface area contributed by atoms with Crippen molar-refractivity contribution in [2.45, 2.75) is 27.0 Å². The van der Waals surface area contributed by atoms with E-state index in [0.717, 1.165) is 39.7 Å². The van der Waals surface area contributed by atoms with E-state index in [-0.39, 0.29) is 0 Å². The molecule has 0 bridgehead atoms.